The summed E-state index contributed by atoms with van der Waals surface area (Å²) in [6, 6.07) is 1.81. The highest BCUT2D eigenvalue weighted by Crippen LogP contribution is 2.14. The standard InChI is InChI=1S/C12H18N4O2/c1-18-9-11(17)14-8-10-4-5-13-12(15-10)16-6-2-3-7-16/h4-5H,2-3,6-9H2,1H3,(H,14,17). The highest BCUT2D eigenvalue weighted by molar-refractivity contribution is 5.77. The van der Waals surface area contributed by atoms with E-state index in [1.807, 2.05) is 6.07 Å². The summed E-state index contributed by atoms with van der Waals surface area (Å²) in [6.07, 6.45) is 4.12. The summed E-state index contributed by atoms with van der Waals surface area (Å²) >= 11 is 0. The number of ether oxygens (including phenoxy) is 1. The molecule has 0 aromatic carbocycles. The van der Waals surface area contributed by atoms with Crippen LogP contribution in [0.4, 0.5) is 5.95 Å². The second-order valence-electron chi connectivity index (χ2n) is 4.25. The van der Waals surface area contributed by atoms with E-state index in [0.29, 0.717) is 6.54 Å². The number of anilines is 1. The summed E-state index contributed by atoms with van der Waals surface area (Å²) in [5, 5.41) is 2.74. The lowest BCUT2D eigenvalue weighted by molar-refractivity contribution is -0.124. The SMILES string of the molecule is COCC(=O)NCc1ccnc(N2CCCC2)n1. The van der Waals surface area contributed by atoms with Crippen LogP contribution in [0, 0.1) is 0 Å². The van der Waals surface area contributed by atoms with E-state index >= 15 is 0 Å². The van der Waals surface area contributed by atoms with Crippen LogP contribution in [0.15, 0.2) is 12.3 Å². The molecule has 0 unspecified atom stereocenters. The number of nitrogens with zero attached hydrogens (tertiary/aromatic N) is 3. The Balaban J connectivity index is 1.92. The maximum absolute atomic E-state index is 11.3. The zero-order valence-corrected chi connectivity index (χ0v) is 10.6. The molecule has 18 heavy (non-hydrogen) atoms. The molecule has 0 atom stereocenters. The molecule has 1 aromatic rings. The zero-order valence-electron chi connectivity index (χ0n) is 10.6. The van der Waals surface area contributed by atoms with E-state index in [2.05, 4.69) is 20.2 Å². The third-order valence-corrected chi connectivity index (χ3v) is 2.83. The summed E-state index contributed by atoms with van der Waals surface area (Å²) in [4.78, 5) is 22.1. The molecule has 1 aliphatic rings. The minimum absolute atomic E-state index is 0.0735. The van der Waals surface area contributed by atoms with Gasteiger partial charge in [0.05, 0.1) is 12.2 Å². The highest BCUT2D eigenvalue weighted by atomic mass is 16.5. The average Bonchev–Trinajstić information content (AvgIpc) is 2.91. The number of amides is 1. The fourth-order valence-electron chi connectivity index (χ4n) is 1.92. The van der Waals surface area contributed by atoms with Gasteiger partial charge in [-0.05, 0) is 18.9 Å². The number of hydrogen-bond acceptors (Lipinski definition) is 5. The van der Waals surface area contributed by atoms with Crippen molar-refractivity contribution < 1.29 is 9.53 Å². The lowest BCUT2D eigenvalue weighted by Crippen LogP contribution is -2.27. The summed E-state index contributed by atoms with van der Waals surface area (Å²) < 4.78 is 4.74. The van der Waals surface area contributed by atoms with E-state index in [1.165, 1.54) is 20.0 Å². The number of nitrogens with one attached hydrogen (secondary N) is 1. The molecule has 2 rings (SSSR count). The lowest BCUT2D eigenvalue weighted by Gasteiger charge is -2.15. The van der Waals surface area contributed by atoms with Gasteiger partial charge in [-0.2, -0.15) is 0 Å². The van der Waals surface area contributed by atoms with Crippen LogP contribution in [0.3, 0.4) is 0 Å². The Bertz CT molecular complexity index is 405. The van der Waals surface area contributed by atoms with Crippen LogP contribution in [0.1, 0.15) is 18.5 Å². The van der Waals surface area contributed by atoms with Crippen molar-refractivity contribution in [2.75, 3.05) is 31.7 Å². The minimum Gasteiger partial charge on any atom is -0.375 e. The summed E-state index contributed by atoms with van der Waals surface area (Å²) in [5.74, 6) is 0.616. The molecule has 98 valence electrons. The van der Waals surface area contributed by atoms with Crippen molar-refractivity contribution >= 4 is 11.9 Å². The molecule has 1 aliphatic heterocycles. The van der Waals surface area contributed by atoms with Gasteiger partial charge in [-0.15, -0.1) is 0 Å². The van der Waals surface area contributed by atoms with Gasteiger partial charge in [-0.3, -0.25) is 4.79 Å². The van der Waals surface area contributed by atoms with Crippen molar-refractivity contribution in [2.45, 2.75) is 19.4 Å². The first-order chi connectivity index (χ1) is 8.79. The molecule has 1 saturated heterocycles. The number of carbonyl (C=O) groups excluding carboxylic acids is 1. The molecule has 6 heteroatoms. The first-order valence-electron chi connectivity index (χ1n) is 6.12. The quantitative estimate of drug-likeness (QED) is 0.816. The van der Waals surface area contributed by atoms with Gasteiger partial charge < -0.3 is 15.0 Å². The molecule has 6 nitrogen and oxygen atoms in total. The number of hydrogen-bond donors (Lipinski definition) is 1. The van der Waals surface area contributed by atoms with E-state index in [0.717, 1.165) is 24.7 Å². The summed E-state index contributed by atoms with van der Waals surface area (Å²) in [6.45, 7) is 2.51. The Morgan fingerprint density at radius 1 is 1.50 bits per heavy atom. The molecule has 2 heterocycles. The topological polar surface area (TPSA) is 67.3 Å². The van der Waals surface area contributed by atoms with Crippen molar-refractivity contribution in [2.24, 2.45) is 0 Å². The van der Waals surface area contributed by atoms with Crippen molar-refractivity contribution in [3.8, 4) is 0 Å². The summed E-state index contributed by atoms with van der Waals surface area (Å²) in [7, 11) is 1.50. The molecular formula is C12H18N4O2. The fourth-order valence-corrected chi connectivity index (χ4v) is 1.92. The molecule has 0 saturated carbocycles. The van der Waals surface area contributed by atoms with E-state index in [4.69, 9.17) is 4.74 Å². The van der Waals surface area contributed by atoms with Gasteiger partial charge >= 0.3 is 0 Å². The normalized spacial score (nSPS) is 14.8. The van der Waals surface area contributed by atoms with Crippen LogP contribution in [0.25, 0.3) is 0 Å². The van der Waals surface area contributed by atoms with Crippen molar-refractivity contribution in [1.82, 2.24) is 15.3 Å². The van der Waals surface area contributed by atoms with Gasteiger partial charge in [0.15, 0.2) is 0 Å². The Labute approximate surface area is 106 Å². The number of carbonyl (C=O) groups is 1. The lowest BCUT2D eigenvalue weighted by atomic mass is 10.4. The maximum Gasteiger partial charge on any atom is 0.246 e. The van der Waals surface area contributed by atoms with Crippen LogP contribution in [-0.4, -0.2) is 42.7 Å². The third-order valence-electron chi connectivity index (χ3n) is 2.83. The molecule has 0 spiro atoms. The molecule has 1 aromatic heterocycles. The van der Waals surface area contributed by atoms with E-state index in [-0.39, 0.29) is 12.5 Å². The zero-order chi connectivity index (χ0) is 12.8. The van der Waals surface area contributed by atoms with Gasteiger partial charge in [0.2, 0.25) is 11.9 Å². The molecule has 1 N–H and O–H groups in total. The van der Waals surface area contributed by atoms with Crippen LogP contribution < -0.4 is 10.2 Å². The van der Waals surface area contributed by atoms with Gasteiger partial charge in [0, 0.05) is 26.4 Å². The van der Waals surface area contributed by atoms with Crippen LogP contribution in [0.5, 0.6) is 0 Å². The van der Waals surface area contributed by atoms with Gasteiger partial charge in [-0.1, -0.05) is 0 Å². The highest BCUT2D eigenvalue weighted by Gasteiger charge is 2.14. The van der Waals surface area contributed by atoms with E-state index in [1.54, 1.807) is 6.20 Å². The van der Waals surface area contributed by atoms with Gasteiger partial charge in [0.25, 0.3) is 0 Å². The molecule has 0 radical (unpaired) electrons. The predicted molar refractivity (Wildman–Crippen MR) is 67.2 cm³/mol. The molecule has 0 bridgehead atoms. The molecule has 0 aliphatic carbocycles. The van der Waals surface area contributed by atoms with Crippen LogP contribution >= 0.6 is 0 Å². The van der Waals surface area contributed by atoms with Crippen molar-refractivity contribution in [3.05, 3.63) is 18.0 Å². The first-order valence-corrected chi connectivity index (χ1v) is 6.12. The monoisotopic (exact) mass is 250 g/mol. The second kappa shape index (κ2) is 6.30. The van der Waals surface area contributed by atoms with Gasteiger partial charge in [-0.25, -0.2) is 9.97 Å². The number of methoxy groups -OCH3 is 1. The number of rotatable bonds is 5. The van der Waals surface area contributed by atoms with Crippen LogP contribution in [0.2, 0.25) is 0 Å². The molecular weight excluding hydrogens is 232 g/mol. The van der Waals surface area contributed by atoms with Crippen molar-refractivity contribution in [3.63, 3.8) is 0 Å². The fraction of sp³-hybridized carbons (Fsp3) is 0.583. The van der Waals surface area contributed by atoms with E-state index in [9.17, 15) is 4.79 Å². The number of aromatic nitrogens is 2. The Morgan fingerprint density at radius 2 is 2.28 bits per heavy atom. The van der Waals surface area contributed by atoms with Gasteiger partial charge in [0.1, 0.15) is 6.61 Å². The maximum atomic E-state index is 11.3. The molecule has 1 fully saturated rings. The minimum atomic E-state index is -0.140. The summed E-state index contributed by atoms with van der Waals surface area (Å²) in [5.41, 5.74) is 0.816. The second-order valence-corrected chi connectivity index (χ2v) is 4.25. The molecule has 1 amide bonds. The third kappa shape index (κ3) is 3.40. The first kappa shape index (κ1) is 12.8. The Hall–Kier alpha value is -1.69. The smallest absolute Gasteiger partial charge is 0.246 e. The van der Waals surface area contributed by atoms with Crippen molar-refractivity contribution in [1.29, 1.82) is 0 Å². The van der Waals surface area contributed by atoms with Crippen LogP contribution in [-0.2, 0) is 16.1 Å². The predicted octanol–water partition coefficient (Wildman–Crippen LogP) is 0.339. The largest absolute Gasteiger partial charge is 0.375 e. The van der Waals surface area contributed by atoms with E-state index < -0.39 is 0 Å². The Kier molecular flexibility index (Phi) is 4.46. The Morgan fingerprint density at radius 3 is 3.00 bits per heavy atom. The average molecular weight is 250 g/mol.